The van der Waals surface area contributed by atoms with Crippen LogP contribution in [0.2, 0.25) is 5.02 Å². The molecule has 3 rings (SSSR count). The van der Waals surface area contributed by atoms with E-state index in [0.717, 1.165) is 10.6 Å². The second-order valence-electron chi connectivity index (χ2n) is 7.35. The van der Waals surface area contributed by atoms with Crippen LogP contribution in [0.3, 0.4) is 0 Å². The number of aromatic hydroxyl groups is 1. The molecule has 0 bridgehead atoms. The van der Waals surface area contributed by atoms with Crippen molar-refractivity contribution in [1.82, 2.24) is 14.9 Å². The molecule has 1 aliphatic rings. The fourth-order valence-corrected chi connectivity index (χ4v) is 3.23. The van der Waals surface area contributed by atoms with E-state index in [2.05, 4.69) is 10.3 Å². The van der Waals surface area contributed by atoms with E-state index in [-0.39, 0.29) is 40.7 Å². The van der Waals surface area contributed by atoms with Crippen molar-refractivity contribution in [3.05, 3.63) is 45.5 Å². The third kappa shape index (κ3) is 5.76. The second-order valence-corrected chi connectivity index (χ2v) is 7.79. The van der Waals surface area contributed by atoms with Gasteiger partial charge >= 0.3 is 6.18 Å². The largest absolute Gasteiger partial charge is 0.507 e. The predicted octanol–water partition coefficient (Wildman–Crippen LogP) is 3.33. The van der Waals surface area contributed by atoms with E-state index >= 15 is 0 Å². The summed E-state index contributed by atoms with van der Waals surface area (Å²) in [5, 5.41) is 22.0. The van der Waals surface area contributed by atoms with Gasteiger partial charge in [0.1, 0.15) is 23.7 Å². The van der Waals surface area contributed by atoms with E-state index in [1.54, 1.807) is 0 Å². The number of alkyl halides is 3. The Morgan fingerprint density at radius 1 is 1.35 bits per heavy atom. The highest BCUT2D eigenvalue weighted by molar-refractivity contribution is 6.30. The lowest BCUT2D eigenvalue weighted by molar-refractivity contribution is -0.135. The summed E-state index contributed by atoms with van der Waals surface area (Å²) in [7, 11) is 0. The topological polar surface area (TPSA) is 108 Å². The number of rotatable bonds is 7. The number of halogens is 4. The molecule has 7 nitrogen and oxygen atoms in total. The Balaban J connectivity index is 1.93. The van der Waals surface area contributed by atoms with Crippen LogP contribution in [0.5, 0.6) is 5.75 Å². The lowest BCUT2D eigenvalue weighted by Gasteiger charge is -2.16. The molecule has 1 saturated carbocycles. The molecule has 0 saturated heterocycles. The van der Waals surface area contributed by atoms with E-state index in [9.17, 15) is 27.9 Å². The van der Waals surface area contributed by atoms with Crippen LogP contribution in [-0.4, -0.2) is 32.3 Å². The van der Waals surface area contributed by atoms with Crippen molar-refractivity contribution in [2.45, 2.75) is 50.4 Å². The van der Waals surface area contributed by atoms with Gasteiger partial charge in [-0.3, -0.25) is 14.2 Å². The summed E-state index contributed by atoms with van der Waals surface area (Å²) in [6.45, 7) is -0.483. The van der Waals surface area contributed by atoms with Gasteiger partial charge in [0.2, 0.25) is 5.91 Å². The van der Waals surface area contributed by atoms with Crippen molar-refractivity contribution in [2.75, 3.05) is 0 Å². The van der Waals surface area contributed by atoms with E-state index in [4.69, 9.17) is 16.9 Å². The number of hydrogen-bond donors (Lipinski definition) is 2. The van der Waals surface area contributed by atoms with E-state index in [1.165, 1.54) is 18.2 Å². The van der Waals surface area contributed by atoms with Crippen LogP contribution in [0.25, 0.3) is 11.3 Å². The quantitative estimate of drug-likeness (QED) is 0.667. The van der Waals surface area contributed by atoms with Gasteiger partial charge < -0.3 is 10.4 Å². The highest BCUT2D eigenvalue weighted by atomic mass is 35.5. The third-order valence-corrected chi connectivity index (χ3v) is 5.06. The predicted molar refractivity (Wildman–Crippen MR) is 105 cm³/mol. The van der Waals surface area contributed by atoms with Crippen LogP contribution in [0, 0.1) is 11.3 Å². The van der Waals surface area contributed by atoms with Crippen molar-refractivity contribution >= 4 is 17.5 Å². The van der Waals surface area contributed by atoms with Crippen LogP contribution in [0.1, 0.15) is 31.5 Å². The zero-order valence-corrected chi connectivity index (χ0v) is 16.9. The number of carbonyl (C=O) groups is 1. The van der Waals surface area contributed by atoms with E-state index in [1.807, 2.05) is 6.07 Å². The highest BCUT2D eigenvalue weighted by Gasteiger charge is 2.44. The smallest absolute Gasteiger partial charge is 0.389 e. The lowest BCUT2D eigenvalue weighted by atomic mass is 10.1. The molecule has 1 fully saturated rings. The van der Waals surface area contributed by atoms with Crippen LogP contribution in [0.4, 0.5) is 13.2 Å². The van der Waals surface area contributed by atoms with Crippen molar-refractivity contribution in [2.24, 2.45) is 0 Å². The number of nitrogens with one attached hydrogen (secondary N) is 1. The summed E-state index contributed by atoms with van der Waals surface area (Å²) < 4.78 is 38.7. The van der Waals surface area contributed by atoms with Crippen molar-refractivity contribution < 1.29 is 23.1 Å². The molecule has 2 N–H and O–H groups in total. The first-order chi connectivity index (χ1) is 14.5. The fraction of sp³-hybridized carbons (Fsp3) is 0.400. The molecule has 1 aromatic carbocycles. The molecule has 164 valence electrons. The van der Waals surface area contributed by atoms with Gasteiger partial charge in [-0.2, -0.15) is 18.4 Å². The van der Waals surface area contributed by atoms with Gasteiger partial charge in [-0.25, -0.2) is 4.98 Å². The average Bonchev–Trinajstić information content (AvgIpc) is 3.43. The standard InChI is InChI=1S/C20H18ClF3N4O3/c21-12-3-4-13(15(29)8-12)14-9-18(31)28(10-17(30)27-19(11-25)6-7-19)16(26-14)2-1-5-20(22,23)24/h3-4,8-9,29H,1-2,5-7,10H2,(H,27,30). The van der Waals surface area contributed by atoms with Gasteiger partial charge in [-0.05, 0) is 37.5 Å². The number of aryl methyl sites for hydroxylation is 1. The van der Waals surface area contributed by atoms with Gasteiger partial charge in [0, 0.05) is 29.5 Å². The fourth-order valence-electron chi connectivity index (χ4n) is 3.06. The SMILES string of the molecule is N#CC1(NC(=O)Cn2c(CCCC(F)(F)F)nc(-c3ccc(Cl)cc3O)cc2=O)CC1. The lowest BCUT2D eigenvalue weighted by Crippen LogP contribution is -2.40. The molecular formula is C20H18ClF3N4O3. The minimum Gasteiger partial charge on any atom is -0.507 e. The number of phenolic OH excluding ortho intramolecular Hbond substituents is 1. The van der Waals surface area contributed by atoms with Crippen LogP contribution in [0.15, 0.2) is 29.1 Å². The third-order valence-electron chi connectivity index (χ3n) is 4.83. The summed E-state index contributed by atoms with van der Waals surface area (Å²) in [5.41, 5.74) is -1.39. The van der Waals surface area contributed by atoms with Gasteiger partial charge in [0.25, 0.3) is 5.56 Å². The van der Waals surface area contributed by atoms with E-state index < -0.39 is 36.1 Å². The summed E-state index contributed by atoms with van der Waals surface area (Å²) in [5.74, 6) is -0.888. The Kier molecular flexibility index (Phi) is 6.27. The maximum atomic E-state index is 12.7. The molecule has 0 atom stereocenters. The minimum atomic E-state index is -4.38. The molecule has 0 unspecified atom stereocenters. The number of hydrogen-bond acceptors (Lipinski definition) is 5. The first kappa shape index (κ1) is 22.6. The monoisotopic (exact) mass is 454 g/mol. The van der Waals surface area contributed by atoms with Crippen LogP contribution < -0.4 is 10.9 Å². The molecule has 11 heteroatoms. The Morgan fingerprint density at radius 2 is 2.06 bits per heavy atom. The minimum absolute atomic E-state index is 0.0296. The molecule has 1 amide bonds. The maximum Gasteiger partial charge on any atom is 0.389 e. The molecular weight excluding hydrogens is 437 g/mol. The van der Waals surface area contributed by atoms with Crippen LogP contribution >= 0.6 is 11.6 Å². The summed E-state index contributed by atoms with van der Waals surface area (Å²) in [4.78, 5) is 29.3. The molecule has 0 spiro atoms. The number of benzene rings is 1. The Bertz CT molecular complexity index is 1100. The number of nitriles is 1. The van der Waals surface area contributed by atoms with Gasteiger partial charge in [-0.1, -0.05) is 11.6 Å². The van der Waals surface area contributed by atoms with Crippen molar-refractivity contribution in [3.8, 4) is 23.1 Å². The molecule has 31 heavy (non-hydrogen) atoms. The number of nitrogens with zero attached hydrogens (tertiary/aromatic N) is 3. The highest BCUT2D eigenvalue weighted by Crippen LogP contribution is 2.34. The first-order valence-electron chi connectivity index (χ1n) is 9.41. The molecule has 1 aliphatic carbocycles. The molecule has 2 aromatic rings. The Hall–Kier alpha value is -3.06. The van der Waals surface area contributed by atoms with Gasteiger partial charge in [0.15, 0.2) is 0 Å². The van der Waals surface area contributed by atoms with Crippen molar-refractivity contribution in [3.63, 3.8) is 0 Å². The number of phenols is 1. The maximum absolute atomic E-state index is 12.7. The summed E-state index contributed by atoms with van der Waals surface area (Å²) >= 11 is 5.81. The molecule has 0 aliphatic heterocycles. The number of aromatic nitrogens is 2. The molecule has 0 radical (unpaired) electrons. The van der Waals surface area contributed by atoms with Gasteiger partial charge in [0.05, 0.1) is 11.8 Å². The Labute approximate surface area is 180 Å². The zero-order chi connectivity index (χ0) is 22.8. The number of amides is 1. The summed E-state index contributed by atoms with van der Waals surface area (Å²) in [6.07, 6.45) is -5.02. The second kappa shape index (κ2) is 8.59. The average molecular weight is 455 g/mol. The van der Waals surface area contributed by atoms with Crippen molar-refractivity contribution in [1.29, 1.82) is 5.26 Å². The first-order valence-corrected chi connectivity index (χ1v) is 9.78. The zero-order valence-electron chi connectivity index (χ0n) is 16.2. The molecule has 1 aromatic heterocycles. The van der Waals surface area contributed by atoms with Gasteiger partial charge in [-0.15, -0.1) is 0 Å². The number of carbonyl (C=O) groups excluding carboxylic acids is 1. The Morgan fingerprint density at radius 3 is 2.65 bits per heavy atom. The summed E-state index contributed by atoms with van der Waals surface area (Å²) in [6, 6.07) is 7.22. The normalized spacial score (nSPS) is 14.7. The van der Waals surface area contributed by atoms with E-state index in [0.29, 0.717) is 12.8 Å². The van der Waals surface area contributed by atoms with Crippen LogP contribution in [-0.2, 0) is 17.8 Å². The molecule has 1 heterocycles.